The second-order valence-electron chi connectivity index (χ2n) is 7.97. The Morgan fingerprint density at radius 2 is 1.58 bits per heavy atom. The van der Waals surface area contributed by atoms with E-state index in [0.717, 1.165) is 6.42 Å². The van der Waals surface area contributed by atoms with Crippen LogP contribution in [0.15, 0.2) is 0 Å². The maximum Gasteiger partial charge on any atom is 0.0908 e. The fourth-order valence-corrected chi connectivity index (χ4v) is 2.62. The van der Waals surface area contributed by atoms with E-state index in [0.29, 0.717) is 13.2 Å². The summed E-state index contributed by atoms with van der Waals surface area (Å²) in [7, 11) is 1.95. The van der Waals surface area contributed by atoms with Crippen LogP contribution in [0.4, 0.5) is 0 Å². The lowest BCUT2D eigenvalue weighted by atomic mass is 9.69. The van der Waals surface area contributed by atoms with Gasteiger partial charge in [-0.3, -0.25) is 0 Å². The maximum absolute atomic E-state index is 9.98. The van der Waals surface area contributed by atoms with Crippen molar-refractivity contribution in [3.05, 3.63) is 0 Å². The van der Waals surface area contributed by atoms with E-state index in [1.807, 2.05) is 10.2 Å². The first-order valence-electron chi connectivity index (χ1n) is 6.96. The molecule has 0 heterocycles. The molecular formula is C15H32INO2. The second kappa shape index (κ2) is 7.05. The lowest BCUT2D eigenvalue weighted by molar-refractivity contribution is -0.144. The number of hydrogen-bond donors (Lipinski definition) is 1. The molecule has 0 bridgehead atoms. The lowest BCUT2D eigenvalue weighted by Crippen LogP contribution is -2.47. The molecule has 0 aliphatic rings. The Balaban J connectivity index is 4.71. The second-order valence-corrected chi connectivity index (χ2v) is 9.62. The zero-order valence-corrected chi connectivity index (χ0v) is 16.0. The Kier molecular flexibility index (Phi) is 7.28. The first-order valence-corrected chi connectivity index (χ1v) is 7.92. The van der Waals surface area contributed by atoms with Crippen LogP contribution in [-0.4, -0.2) is 40.1 Å². The zero-order valence-electron chi connectivity index (χ0n) is 13.9. The van der Waals surface area contributed by atoms with Crippen molar-refractivity contribution in [1.82, 2.24) is 3.11 Å². The standard InChI is InChI=1S/C15H32INO2/c1-13(2,3)11-15(7,14(4,5)6)19-10-12(18)9-17(8)16/h12,18H,9-11H2,1-8H3. The van der Waals surface area contributed by atoms with Gasteiger partial charge in [0.25, 0.3) is 0 Å². The first kappa shape index (κ1) is 19.6. The van der Waals surface area contributed by atoms with Gasteiger partial charge >= 0.3 is 0 Å². The molecule has 0 rings (SSSR count). The number of halogens is 1. The number of aliphatic hydroxyl groups excluding tert-OH is 1. The summed E-state index contributed by atoms with van der Waals surface area (Å²) < 4.78 is 8.10. The van der Waals surface area contributed by atoms with Gasteiger partial charge in [0.1, 0.15) is 0 Å². The molecule has 0 radical (unpaired) electrons. The monoisotopic (exact) mass is 385 g/mol. The Labute approximate surface area is 133 Å². The molecule has 0 saturated carbocycles. The van der Waals surface area contributed by atoms with Gasteiger partial charge in [-0.1, -0.05) is 41.5 Å². The van der Waals surface area contributed by atoms with Crippen LogP contribution in [0.25, 0.3) is 0 Å². The van der Waals surface area contributed by atoms with Crippen LogP contribution in [0.5, 0.6) is 0 Å². The van der Waals surface area contributed by atoms with Crippen LogP contribution in [0, 0.1) is 10.8 Å². The molecule has 19 heavy (non-hydrogen) atoms. The van der Waals surface area contributed by atoms with Crippen molar-refractivity contribution < 1.29 is 9.84 Å². The topological polar surface area (TPSA) is 32.7 Å². The van der Waals surface area contributed by atoms with Crippen molar-refractivity contribution >= 4 is 22.9 Å². The number of nitrogens with zero attached hydrogens (tertiary/aromatic N) is 1. The number of likely N-dealkylation sites (N-methyl/N-ethyl adjacent to an activating group) is 1. The highest BCUT2D eigenvalue weighted by molar-refractivity contribution is 14.1. The van der Waals surface area contributed by atoms with Gasteiger partial charge in [0.2, 0.25) is 0 Å². The van der Waals surface area contributed by atoms with Crippen molar-refractivity contribution in [2.24, 2.45) is 10.8 Å². The molecule has 0 aliphatic carbocycles. The number of rotatable bonds is 6. The molecule has 0 fully saturated rings. The molecule has 3 nitrogen and oxygen atoms in total. The molecule has 0 aromatic heterocycles. The van der Waals surface area contributed by atoms with Gasteiger partial charge in [0, 0.05) is 29.4 Å². The van der Waals surface area contributed by atoms with E-state index in [4.69, 9.17) is 4.74 Å². The van der Waals surface area contributed by atoms with Gasteiger partial charge in [-0.05, 0) is 31.2 Å². The van der Waals surface area contributed by atoms with Crippen molar-refractivity contribution in [2.75, 3.05) is 20.2 Å². The van der Waals surface area contributed by atoms with E-state index in [9.17, 15) is 5.11 Å². The van der Waals surface area contributed by atoms with E-state index >= 15 is 0 Å². The van der Waals surface area contributed by atoms with Crippen LogP contribution in [0.2, 0.25) is 0 Å². The molecular weight excluding hydrogens is 353 g/mol. The van der Waals surface area contributed by atoms with E-state index in [2.05, 4.69) is 71.3 Å². The predicted molar refractivity (Wildman–Crippen MR) is 90.5 cm³/mol. The molecule has 0 aromatic carbocycles. The van der Waals surface area contributed by atoms with Crippen LogP contribution >= 0.6 is 22.9 Å². The molecule has 0 amide bonds. The van der Waals surface area contributed by atoms with E-state index in [-0.39, 0.29) is 16.4 Å². The molecule has 4 heteroatoms. The van der Waals surface area contributed by atoms with Crippen LogP contribution in [0.1, 0.15) is 54.9 Å². The minimum atomic E-state index is -0.441. The smallest absolute Gasteiger partial charge is 0.0908 e. The van der Waals surface area contributed by atoms with E-state index in [1.54, 1.807) is 0 Å². The van der Waals surface area contributed by atoms with Gasteiger partial charge in [-0.15, -0.1) is 0 Å². The summed E-state index contributed by atoms with van der Waals surface area (Å²) in [5.74, 6) is 0. The molecule has 0 spiro atoms. The molecule has 0 aromatic rings. The largest absolute Gasteiger partial charge is 0.389 e. The van der Waals surface area contributed by atoms with Crippen LogP contribution in [-0.2, 0) is 4.74 Å². The summed E-state index contributed by atoms with van der Waals surface area (Å²) in [6, 6.07) is 0. The van der Waals surface area contributed by atoms with E-state index < -0.39 is 6.10 Å². The fourth-order valence-electron chi connectivity index (χ4n) is 2.17. The Morgan fingerprint density at radius 1 is 1.11 bits per heavy atom. The van der Waals surface area contributed by atoms with Crippen molar-refractivity contribution in [3.63, 3.8) is 0 Å². The lowest BCUT2D eigenvalue weighted by Gasteiger charge is -2.45. The summed E-state index contributed by atoms with van der Waals surface area (Å²) in [4.78, 5) is 0. The highest BCUT2D eigenvalue weighted by Gasteiger charge is 2.41. The normalized spacial score (nSPS) is 18.5. The fraction of sp³-hybridized carbons (Fsp3) is 1.00. The molecule has 1 N–H and O–H groups in total. The number of hydrogen-bond acceptors (Lipinski definition) is 3. The summed E-state index contributed by atoms with van der Waals surface area (Å²) in [5, 5.41) is 9.98. The third kappa shape index (κ3) is 7.83. The highest BCUT2D eigenvalue weighted by Crippen LogP contribution is 2.42. The maximum atomic E-state index is 9.98. The SMILES string of the molecule is CN(I)CC(O)COC(C)(CC(C)(C)C)C(C)(C)C. The average molecular weight is 385 g/mol. The Hall–Kier alpha value is 0.610. The Bertz CT molecular complexity index is 268. The zero-order chi connectivity index (χ0) is 15.5. The summed E-state index contributed by atoms with van der Waals surface area (Å²) in [5.41, 5.74) is -0.000657. The third-order valence-electron chi connectivity index (χ3n) is 3.51. The Morgan fingerprint density at radius 3 is 1.89 bits per heavy atom. The summed E-state index contributed by atoms with van der Waals surface area (Å²) in [6.07, 6.45) is 0.527. The van der Waals surface area contributed by atoms with Gasteiger partial charge in [-0.25, -0.2) is 3.11 Å². The van der Waals surface area contributed by atoms with Gasteiger partial charge in [-0.2, -0.15) is 0 Å². The van der Waals surface area contributed by atoms with Crippen LogP contribution < -0.4 is 0 Å². The summed E-state index contributed by atoms with van der Waals surface area (Å²) in [6.45, 7) is 16.5. The molecule has 2 atom stereocenters. The molecule has 0 aliphatic heterocycles. The number of ether oxygens (including phenoxy) is 1. The van der Waals surface area contributed by atoms with Crippen molar-refractivity contribution in [2.45, 2.75) is 66.6 Å². The van der Waals surface area contributed by atoms with E-state index in [1.165, 1.54) is 0 Å². The van der Waals surface area contributed by atoms with Gasteiger partial charge in [0.15, 0.2) is 0 Å². The molecule has 2 unspecified atom stereocenters. The summed E-state index contributed by atoms with van der Waals surface area (Å²) >= 11 is 2.17. The average Bonchev–Trinajstić information content (AvgIpc) is 2.09. The third-order valence-corrected chi connectivity index (χ3v) is 3.90. The van der Waals surface area contributed by atoms with Gasteiger partial charge < -0.3 is 9.84 Å². The van der Waals surface area contributed by atoms with Gasteiger partial charge in [0.05, 0.1) is 18.3 Å². The minimum Gasteiger partial charge on any atom is -0.389 e. The first-order chi connectivity index (χ1) is 8.27. The minimum absolute atomic E-state index is 0.0379. The molecule has 116 valence electrons. The highest BCUT2D eigenvalue weighted by atomic mass is 127. The predicted octanol–water partition coefficient (Wildman–Crippen LogP) is 3.89. The number of aliphatic hydroxyl groups is 1. The van der Waals surface area contributed by atoms with Crippen molar-refractivity contribution in [1.29, 1.82) is 0 Å². The quantitative estimate of drug-likeness (QED) is 0.556. The molecule has 0 saturated heterocycles. The van der Waals surface area contributed by atoms with Crippen molar-refractivity contribution in [3.8, 4) is 0 Å². The van der Waals surface area contributed by atoms with Crippen LogP contribution in [0.3, 0.4) is 0 Å².